The van der Waals surface area contributed by atoms with Gasteiger partial charge in [-0.25, -0.2) is 0 Å². The van der Waals surface area contributed by atoms with Gasteiger partial charge in [0.25, 0.3) is 0 Å². The van der Waals surface area contributed by atoms with Crippen LogP contribution in [0.4, 0.5) is 0 Å². The van der Waals surface area contributed by atoms with Crippen molar-refractivity contribution in [2.45, 2.75) is 46.6 Å². The summed E-state index contributed by atoms with van der Waals surface area (Å²) in [5, 5.41) is 12.0. The zero-order chi connectivity index (χ0) is 14.8. The summed E-state index contributed by atoms with van der Waals surface area (Å²) in [5.74, 6) is 1.61. The third-order valence-corrected chi connectivity index (χ3v) is 3.02. The molecule has 0 unspecified atom stereocenters. The molecule has 110 valence electrons. The van der Waals surface area contributed by atoms with Crippen LogP contribution in [-0.2, 0) is 6.54 Å². The van der Waals surface area contributed by atoms with Crippen molar-refractivity contribution in [3.8, 4) is 11.8 Å². The van der Waals surface area contributed by atoms with Crippen molar-refractivity contribution in [2.75, 3.05) is 13.2 Å². The van der Waals surface area contributed by atoms with Gasteiger partial charge in [0.2, 0.25) is 0 Å². The SMILES string of the molecule is Cc1ccc(OCCCCC#N)c(CNCC(C)C)c1. The van der Waals surface area contributed by atoms with E-state index in [1.54, 1.807) is 0 Å². The Bertz CT molecular complexity index is 435. The third-order valence-electron chi connectivity index (χ3n) is 3.02. The molecule has 0 aromatic heterocycles. The third kappa shape index (κ3) is 6.58. The molecule has 1 rings (SSSR count). The molecule has 0 aliphatic carbocycles. The molecule has 1 N–H and O–H groups in total. The molecule has 3 heteroatoms. The Kier molecular flexibility index (Phi) is 7.75. The molecular weight excluding hydrogens is 248 g/mol. The molecule has 0 saturated heterocycles. The molecule has 0 atom stereocenters. The topological polar surface area (TPSA) is 45.0 Å². The molecule has 0 bridgehead atoms. The van der Waals surface area contributed by atoms with E-state index in [1.807, 2.05) is 6.07 Å². The highest BCUT2D eigenvalue weighted by Gasteiger charge is 2.04. The number of nitrogens with zero attached hydrogens (tertiary/aromatic N) is 1. The zero-order valence-electron chi connectivity index (χ0n) is 12.9. The summed E-state index contributed by atoms with van der Waals surface area (Å²) in [4.78, 5) is 0. The molecular formula is C17H26N2O. The average molecular weight is 274 g/mol. The van der Waals surface area contributed by atoms with Crippen LogP contribution in [-0.4, -0.2) is 13.2 Å². The molecule has 0 spiro atoms. The van der Waals surface area contributed by atoms with Crippen LogP contribution in [0.2, 0.25) is 0 Å². The minimum atomic E-state index is 0.611. The average Bonchev–Trinajstić information content (AvgIpc) is 2.40. The highest BCUT2D eigenvalue weighted by molar-refractivity contribution is 5.36. The van der Waals surface area contributed by atoms with Crippen LogP contribution in [0.3, 0.4) is 0 Å². The van der Waals surface area contributed by atoms with Crippen LogP contribution < -0.4 is 10.1 Å². The molecule has 20 heavy (non-hydrogen) atoms. The molecule has 0 saturated carbocycles. The fourth-order valence-electron chi connectivity index (χ4n) is 1.97. The number of benzene rings is 1. The minimum absolute atomic E-state index is 0.611. The minimum Gasteiger partial charge on any atom is -0.493 e. The Labute approximate surface area is 123 Å². The Balaban J connectivity index is 2.49. The van der Waals surface area contributed by atoms with Crippen molar-refractivity contribution in [1.82, 2.24) is 5.32 Å². The number of hydrogen-bond acceptors (Lipinski definition) is 3. The maximum atomic E-state index is 8.50. The molecule has 3 nitrogen and oxygen atoms in total. The number of hydrogen-bond donors (Lipinski definition) is 1. The number of ether oxygens (including phenoxy) is 1. The number of nitriles is 1. The van der Waals surface area contributed by atoms with Gasteiger partial charge in [0, 0.05) is 18.5 Å². The smallest absolute Gasteiger partial charge is 0.123 e. The predicted molar refractivity (Wildman–Crippen MR) is 82.7 cm³/mol. The van der Waals surface area contributed by atoms with E-state index in [0.29, 0.717) is 18.9 Å². The van der Waals surface area contributed by atoms with Crippen LogP contribution in [0.15, 0.2) is 18.2 Å². The lowest BCUT2D eigenvalue weighted by atomic mass is 10.1. The van der Waals surface area contributed by atoms with Crippen molar-refractivity contribution in [1.29, 1.82) is 5.26 Å². The van der Waals surface area contributed by atoms with Crippen molar-refractivity contribution in [2.24, 2.45) is 5.92 Å². The first-order chi connectivity index (χ1) is 9.63. The summed E-state index contributed by atoms with van der Waals surface area (Å²) in [6.07, 6.45) is 2.45. The van der Waals surface area contributed by atoms with E-state index in [4.69, 9.17) is 10.00 Å². The summed E-state index contributed by atoms with van der Waals surface area (Å²) >= 11 is 0. The second-order valence-corrected chi connectivity index (χ2v) is 5.60. The predicted octanol–water partition coefficient (Wildman–Crippen LogP) is 3.81. The molecule has 0 heterocycles. The van der Waals surface area contributed by atoms with Crippen LogP contribution >= 0.6 is 0 Å². The lowest BCUT2D eigenvalue weighted by Crippen LogP contribution is -2.19. The fraction of sp³-hybridized carbons (Fsp3) is 0.588. The maximum Gasteiger partial charge on any atom is 0.123 e. The van der Waals surface area contributed by atoms with E-state index >= 15 is 0 Å². The Morgan fingerprint density at radius 2 is 2.10 bits per heavy atom. The van der Waals surface area contributed by atoms with Crippen molar-refractivity contribution >= 4 is 0 Å². The van der Waals surface area contributed by atoms with E-state index in [0.717, 1.165) is 31.7 Å². The van der Waals surface area contributed by atoms with E-state index in [2.05, 4.69) is 44.3 Å². The lowest BCUT2D eigenvalue weighted by Gasteiger charge is -2.14. The number of rotatable bonds is 9. The van der Waals surface area contributed by atoms with Gasteiger partial charge in [-0.2, -0.15) is 5.26 Å². The maximum absolute atomic E-state index is 8.50. The van der Waals surface area contributed by atoms with Gasteiger partial charge in [0.15, 0.2) is 0 Å². The van der Waals surface area contributed by atoms with Crippen LogP contribution in [0.1, 0.15) is 44.2 Å². The van der Waals surface area contributed by atoms with Gasteiger partial charge in [-0.15, -0.1) is 0 Å². The summed E-state index contributed by atoms with van der Waals surface area (Å²) in [6.45, 7) is 9.04. The molecule has 0 fully saturated rings. The van der Waals surface area contributed by atoms with Crippen molar-refractivity contribution < 1.29 is 4.74 Å². The fourth-order valence-corrected chi connectivity index (χ4v) is 1.97. The summed E-state index contributed by atoms with van der Waals surface area (Å²) in [7, 11) is 0. The molecule has 1 aromatic carbocycles. The van der Waals surface area contributed by atoms with E-state index in [9.17, 15) is 0 Å². The second-order valence-electron chi connectivity index (χ2n) is 5.60. The van der Waals surface area contributed by atoms with Crippen LogP contribution in [0.25, 0.3) is 0 Å². The Morgan fingerprint density at radius 3 is 2.80 bits per heavy atom. The molecule has 0 aliphatic heterocycles. The standard InChI is InChI=1S/C17H26N2O/c1-14(2)12-19-13-16-11-15(3)7-8-17(16)20-10-6-4-5-9-18/h7-8,11,14,19H,4-6,10,12-13H2,1-3H3. The molecule has 0 aliphatic rings. The Hall–Kier alpha value is -1.53. The molecule has 1 aromatic rings. The summed E-state index contributed by atoms with van der Waals surface area (Å²) < 4.78 is 5.85. The number of aryl methyl sites for hydroxylation is 1. The van der Waals surface area contributed by atoms with Gasteiger partial charge >= 0.3 is 0 Å². The number of nitrogens with one attached hydrogen (secondary N) is 1. The second kappa shape index (κ2) is 9.39. The monoisotopic (exact) mass is 274 g/mol. The van der Waals surface area contributed by atoms with E-state index in [-0.39, 0.29) is 0 Å². The molecule has 0 amide bonds. The number of unbranched alkanes of at least 4 members (excludes halogenated alkanes) is 2. The first kappa shape index (κ1) is 16.5. The van der Waals surface area contributed by atoms with Gasteiger partial charge in [0.05, 0.1) is 12.7 Å². The molecule has 0 radical (unpaired) electrons. The van der Waals surface area contributed by atoms with Gasteiger partial charge in [-0.05, 0) is 38.3 Å². The van der Waals surface area contributed by atoms with E-state index < -0.39 is 0 Å². The summed E-state index contributed by atoms with van der Waals surface area (Å²) in [5.41, 5.74) is 2.47. The van der Waals surface area contributed by atoms with Crippen LogP contribution in [0.5, 0.6) is 5.75 Å². The van der Waals surface area contributed by atoms with Gasteiger partial charge in [-0.3, -0.25) is 0 Å². The lowest BCUT2D eigenvalue weighted by molar-refractivity contribution is 0.303. The van der Waals surface area contributed by atoms with Gasteiger partial charge in [-0.1, -0.05) is 31.5 Å². The van der Waals surface area contributed by atoms with E-state index in [1.165, 1.54) is 11.1 Å². The van der Waals surface area contributed by atoms with Crippen molar-refractivity contribution in [3.63, 3.8) is 0 Å². The van der Waals surface area contributed by atoms with Crippen molar-refractivity contribution in [3.05, 3.63) is 29.3 Å². The first-order valence-electron chi connectivity index (χ1n) is 7.43. The summed E-state index contributed by atoms with van der Waals surface area (Å²) in [6, 6.07) is 8.46. The van der Waals surface area contributed by atoms with Gasteiger partial charge in [0.1, 0.15) is 5.75 Å². The normalized spacial score (nSPS) is 10.6. The van der Waals surface area contributed by atoms with Crippen LogP contribution in [0, 0.1) is 24.2 Å². The first-order valence-corrected chi connectivity index (χ1v) is 7.43. The highest BCUT2D eigenvalue weighted by atomic mass is 16.5. The quantitative estimate of drug-likeness (QED) is 0.696. The highest BCUT2D eigenvalue weighted by Crippen LogP contribution is 2.20. The zero-order valence-corrected chi connectivity index (χ0v) is 12.9. The Morgan fingerprint density at radius 1 is 1.30 bits per heavy atom. The van der Waals surface area contributed by atoms with Gasteiger partial charge < -0.3 is 10.1 Å². The largest absolute Gasteiger partial charge is 0.493 e.